The third kappa shape index (κ3) is 2.06. The number of nitrogens with zero attached hydrogens (tertiary/aromatic N) is 1. The Morgan fingerprint density at radius 1 is 1.16 bits per heavy atom. The summed E-state index contributed by atoms with van der Waals surface area (Å²) >= 11 is 0. The molecule has 0 aromatic heterocycles. The molecule has 0 unspecified atom stereocenters. The number of benzene rings is 1. The number of likely N-dealkylation sites (tertiary alicyclic amines) is 1. The lowest BCUT2D eigenvalue weighted by molar-refractivity contribution is 0.0167. The second-order valence-electron chi connectivity index (χ2n) is 6.80. The molecule has 1 N–H and O–H groups in total. The summed E-state index contributed by atoms with van der Waals surface area (Å²) in [6, 6.07) is 6.84. The lowest BCUT2D eigenvalue weighted by Crippen LogP contribution is -2.46. The molecule has 0 atom stereocenters. The van der Waals surface area contributed by atoms with Gasteiger partial charge in [-0.2, -0.15) is 0 Å². The molecule has 2 fully saturated rings. The minimum absolute atomic E-state index is 0.712. The van der Waals surface area contributed by atoms with E-state index in [0.717, 1.165) is 13.1 Å². The van der Waals surface area contributed by atoms with Crippen LogP contribution in [0.2, 0.25) is 0 Å². The number of nitrogens with one attached hydrogen (secondary N) is 1. The summed E-state index contributed by atoms with van der Waals surface area (Å²) in [5, 5.41) is 3.58. The lowest BCUT2D eigenvalue weighted by Gasteiger charge is -2.49. The SMILES string of the molecule is c1cc2c(c(CN3CCCC4(CCC4)C3)c1)NCC2. The molecule has 0 radical (unpaired) electrons. The van der Waals surface area contributed by atoms with Crippen LogP contribution >= 0.6 is 0 Å². The number of hydrogen-bond donors (Lipinski definition) is 1. The Kier molecular flexibility index (Phi) is 2.80. The third-order valence-electron chi connectivity index (χ3n) is 5.48. The Bertz CT molecular complexity index is 476. The zero-order valence-electron chi connectivity index (χ0n) is 11.8. The van der Waals surface area contributed by atoms with E-state index in [1.807, 2.05) is 0 Å². The molecule has 19 heavy (non-hydrogen) atoms. The predicted molar refractivity (Wildman–Crippen MR) is 79.4 cm³/mol. The molecule has 0 amide bonds. The van der Waals surface area contributed by atoms with Gasteiger partial charge in [-0.25, -0.2) is 0 Å². The van der Waals surface area contributed by atoms with E-state index in [2.05, 4.69) is 28.4 Å². The molecule has 2 heterocycles. The summed E-state index contributed by atoms with van der Waals surface area (Å²) in [5.41, 5.74) is 5.19. The van der Waals surface area contributed by atoms with Crippen molar-refractivity contribution >= 4 is 5.69 Å². The number of anilines is 1. The molecule has 1 spiro atoms. The molecule has 4 rings (SSSR count). The largest absolute Gasteiger partial charge is 0.384 e. The maximum absolute atomic E-state index is 3.58. The quantitative estimate of drug-likeness (QED) is 0.872. The summed E-state index contributed by atoms with van der Waals surface area (Å²) in [6.07, 6.45) is 8.52. The second-order valence-corrected chi connectivity index (χ2v) is 6.80. The molecule has 2 nitrogen and oxygen atoms in total. The first-order chi connectivity index (χ1) is 9.35. The Morgan fingerprint density at radius 3 is 2.89 bits per heavy atom. The fourth-order valence-electron chi connectivity index (χ4n) is 4.31. The molecule has 3 aliphatic rings. The first-order valence-electron chi connectivity index (χ1n) is 7.92. The molecule has 1 aromatic rings. The summed E-state index contributed by atoms with van der Waals surface area (Å²) in [4.78, 5) is 2.71. The summed E-state index contributed by atoms with van der Waals surface area (Å²) < 4.78 is 0. The number of rotatable bonds is 2. The van der Waals surface area contributed by atoms with Gasteiger partial charge in [-0.15, -0.1) is 0 Å². The van der Waals surface area contributed by atoms with Crippen LogP contribution in [0.4, 0.5) is 5.69 Å². The first kappa shape index (κ1) is 11.8. The molecule has 1 saturated carbocycles. The topological polar surface area (TPSA) is 15.3 Å². The highest BCUT2D eigenvalue weighted by atomic mass is 15.1. The molecule has 102 valence electrons. The summed E-state index contributed by atoms with van der Waals surface area (Å²) in [5.74, 6) is 0. The predicted octanol–water partition coefficient (Wildman–Crippen LogP) is 3.42. The fourth-order valence-corrected chi connectivity index (χ4v) is 4.31. The van der Waals surface area contributed by atoms with Gasteiger partial charge in [0, 0.05) is 25.3 Å². The Balaban J connectivity index is 1.51. The van der Waals surface area contributed by atoms with Gasteiger partial charge in [-0.05, 0) is 55.2 Å². The number of piperidine rings is 1. The van der Waals surface area contributed by atoms with E-state index in [1.54, 1.807) is 0 Å². The molecular weight excluding hydrogens is 232 g/mol. The smallest absolute Gasteiger partial charge is 0.0419 e. The van der Waals surface area contributed by atoms with Crippen LogP contribution in [-0.2, 0) is 13.0 Å². The van der Waals surface area contributed by atoms with E-state index in [4.69, 9.17) is 0 Å². The van der Waals surface area contributed by atoms with Crippen molar-refractivity contribution in [1.82, 2.24) is 4.90 Å². The van der Waals surface area contributed by atoms with E-state index in [0.29, 0.717) is 5.41 Å². The minimum atomic E-state index is 0.712. The molecule has 1 saturated heterocycles. The number of para-hydroxylation sites is 1. The van der Waals surface area contributed by atoms with Crippen LogP contribution < -0.4 is 5.32 Å². The zero-order valence-corrected chi connectivity index (χ0v) is 11.8. The van der Waals surface area contributed by atoms with Crippen molar-refractivity contribution in [2.24, 2.45) is 5.41 Å². The molecular formula is C17H24N2. The van der Waals surface area contributed by atoms with Crippen LogP contribution in [0.3, 0.4) is 0 Å². The Labute approximate surface area is 116 Å². The van der Waals surface area contributed by atoms with Crippen molar-refractivity contribution in [2.75, 3.05) is 25.0 Å². The minimum Gasteiger partial charge on any atom is -0.384 e. The van der Waals surface area contributed by atoms with Gasteiger partial charge in [0.15, 0.2) is 0 Å². The zero-order chi connectivity index (χ0) is 12.7. The van der Waals surface area contributed by atoms with Crippen LogP contribution in [0.5, 0.6) is 0 Å². The number of hydrogen-bond acceptors (Lipinski definition) is 2. The van der Waals surface area contributed by atoms with Crippen molar-refractivity contribution < 1.29 is 0 Å². The van der Waals surface area contributed by atoms with E-state index in [9.17, 15) is 0 Å². The van der Waals surface area contributed by atoms with Crippen molar-refractivity contribution in [3.05, 3.63) is 29.3 Å². The van der Waals surface area contributed by atoms with E-state index in [-0.39, 0.29) is 0 Å². The van der Waals surface area contributed by atoms with Crippen LogP contribution in [0, 0.1) is 5.41 Å². The summed E-state index contributed by atoms with van der Waals surface area (Å²) in [7, 11) is 0. The van der Waals surface area contributed by atoms with E-state index in [1.165, 1.54) is 68.4 Å². The Morgan fingerprint density at radius 2 is 2.05 bits per heavy atom. The van der Waals surface area contributed by atoms with Crippen molar-refractivity contribution in [2.45, 2.75) is 45.1 Å². The van der Waals surface area contributed by atoms with Gasteiger partial charge in [0.1, 0.15) is 0 Å². The Hall–Kier alpha value is -1.02. The van der Waals surface area contributed by atoms with Crippen LogP contribution in [0.25, 0.3) is 0 Å². The normalized spacial score (nSPS) is 24.8. The maximum Gasteiger partial charge on any atom is 0.0419 e. The van der Waals surface area contributed by atoms with Crippen LogP contribution in [0.15, 0.2) is 18.2 Å². The first-order valence-corrected chi connectivity index (χ1v) is 7.92. The highest BCUT2D eigenvalue weighted by Crippen LogP contribution is 2.47. The van der Waals surface area contributed by atoms with Crippen LogP contribution in [-0.4, -0.2) is 24.5 Å². The molecule has 0 bridgehead atoms. The molecule has 1 aromatic carbocycles. The van der Waals surface area contributed by atoms with Crippen molar-refractivity contribution in [3.63, 3.8) is 0 Å². The van der Waals surface area contributed by atoms with Gasteiger partial charge in [-0.3, -0.25) is 4.90 Å². The molecule has 2 aliphatic heterocycles. The molecule has 2 heteroatoms. The standard InChI is InChI=1S/C17H24N2/c1-4-14-6-10-18-16(14)15(5-1)12-19-11-3-9-17(13-19)7-2-8-17/h1,4-5,18H,2-3,6-13H2. The van der Waals surface area contributed by atoms with Gasteiger partial charge < -0.3 is 5.32 Å². The number of fused-ring (bicyclic) bond motifs is 1. The second kappa shape index (κ2) is 4.52. The highest BCUT2D eigenvalue weighted by molar-refractivity contribution is 5.61. The van der Waals surface area contributed by atoms with Gasteiger partial charge in [0.05, 0.1) is 0 Å². The maximum atomic E-state index is 3.58. The lowest BCUT2D eigenvalue weighted by atomic mass is 9.64. The van der Waals surface area contributed by atoms with Gasteiger partial charge in [-0.1, -0.05) is 24.6 Å². The average molecular weight is 256 g/mol. The van der Waals surface area contributed by atoms with Crippen LogP contribution in [0.1, 0.15) is 43.2 Å². The van der Waals surface area contributed by atoms with E-state index < -0.39 is 0 Å². The van der Waals surface area contributed by atoms with Crippen molar-refractivity contribution in [1.29, 1.82) is 0 Å². The van der Waals surface area contributed by atoms with Gasteiger partial charge in [0.2, 0.25) is 0 Å². The highest BCUT2D eigenvalue weighted by Gasteiger charge is 2.40. The fraction of sp³-hybridized carbons (Fsp3) is 0.647. The van der Waals surface area contributed by atoms with Gasteiger partial charge in [0.25, 0.3) is 0 Å². The average Bonchev–Trinajstić information content (AvgIpc) is 2.87. The molecule has 1 aliphatic carbocycles. The van der Waals surface area contributed by atoms with Gasteiger partial charge >= 0.3 is 0 Å². The van der Waals surface area contributed by atoms with E-state index >= 15 is 0 Å². The summed E-state index contributed by atoms with van der Waals surface area (Å²) in [6.45, 7) is 4.91. The van der Waals surface area contributed by atoms with Crippen molar-refractivity contribution in [3.8, 4) is 0 Å². The monoisotopic (exact) mass is 256 g/mol. The third-order valence-corrected chi connectivity index (χ3v) is 5.48.